The topological polar surface area (TPSA) is 111 Å². The average molecular weight is 429 g/mol. The van der Waals surface area contributed by atoms with Gasteiger partial charge in [0.15, 0.2) is 5.11 Å². The lowest BCUT2D eigenvalue weighted by atomic mass is 10.1. The quantitative estimate of drug-likeness (QED) is 0.194. The van der Waals surface area contributed by atoms with E-state index in [1.807, 2.05) is 30.3 Å². The molecule has 0 bridgehead atoms. The van der Waals surface area contributed by atoms with Gasteiger partial charge in [0.1, 0.15) is 0 Å². The first-order valence-corrected chi connectivity index (χ1v) is 9.89. The number of nitro benzene ring substituents is 1. The third-order valence-electron chi connectivity index (χ3n) is 4.09. The van der Waals surface area contributed by atoms with Crippen LogP contribution < -0.4 is 10.6 Å². The molecule has 0 atom stereocenters. The molecule has 2 rings (SSSR count). The van der Waals surface area contributed by atoms with Gasteiger partial charge in [0, 0.05) is 30.7 Å². The molecule has 2 aromatic carbocycles. The Bertz CT molecular complexity index is 872. The number of esters is 1. The van der Waals surface area contributed by atoms with Crippen LogP contribution in [0.25, 0.3) is 0 Å². The Morgan fingerprint density at radius 3 is 2.37 bits per heavy atom. The number of amides is 1. The Morgan fingerprint density at radius 1 is 1.00 bits per heavy atom. The van der Waals surface area contributed by atoms with Crippen molar-refractivity contribution < 1.29 is 19.2 Å². The van der Waals surface area contributed by atoms with Crippen LogP contribution in [0.5, 0.6) is 0 Å². The van der Waals surface area contributed by atoms with Gasteiger partial charge in [-0.25, -0.2) is 0 Å². The molecule has 0 radical (unpaired) electrons. The molecule has 30 heavy (non-hydrogen) atoms. The highest BCUT2D eigenvalue weighted by atomic mass is 32.1. The molecule has 0 aliphatic heterocycles. The van der Waals surface area contributed by atoms with E-state index in [0.29, 0.717) is 18.7 Å². The van der Waals surface area contributed by atoms with E-state index < -0.39 is 4.92 Å². The number of ether oxygens (including phenoxy) is 1. The second kappa shape index (κ2) is 12.3. The second-order valence-electron chi connectivity index (χ2n) is 6.47. The molecule has 2 N–H and O–H groups in total. The Labute approximate surface area is 179 Å². The number of nitro groups is 1. The van der Waals surface area contributed by atoms with E-state index >= 15 is 0 Å². The first-order chi connectivity index (χ1) is 14.4. The Kier molecular flexibility index (Phi) is 9.39. The summed E-state index contributed by atoms with van der Waals surface area (Å²) in [7, 11) is 0. The molecular weight excluding hydrogens is 406 g/mol. The van der Waals surface area contributed by atoms with Crippen molar-refractivity contribution in [2.45, 2.75) is 32.1 Å². The normalized spacial score (nSPS) is 10.1. The van der Waals surface area contributed by atoms with Gasteiger partial charge in [0.05, 0.1) is 11.5 Å². The number of nitrogens with zero attached hydrogens (tertiary/aromatic N) is 1. The number of aryl methyl sites for hydroxylation is 1. The zero-order valence-electron chi connectivity index (χ0n) is 16.3. The number of benzene rings is 2. The van der Waals surface area contributed by atoms with Gasteiger partial charge in [0.25, 0.3) is 5.69 Å². The zero-order chi connectivity index (χ0) is 21.8. The van der Waals surface area contributed by atoms with Crippen LogP contribution in [0.4, 0.5) is 11.4 Å². The molecule has 9 heteroatoms. The highest BCUT2D eigenvalue weighted by Crippen LogP contribution is 2.15. The number of carbonyl (C=O) groups is 2. The Hall–Kier alpha value is -3.33. The molecule has 0 heterocycles. The van der Waals surface area contributed by atoms with Crippen molar-refractivity contribution in [2.75, 3.05) is 11.9 Å². The fourth-order valence-corrected chi connectivity index (χ4v) is 2.82. The maximum absolute atomic E-state index is 11.9. The van der Waals surface area contributed by atoms with Crippen LogP contribution in [0.2, 0.25) is 0 Å². The molecule has 0 aromatic heterocycles. The summed E-state index contributed by atoms with van der Waals surface area (Å²) in [6, 6.07) is 15.6. The summed E-state index contributed by atoms with van der Waals surface area (Å²) < 4.78 is 5.18. The predicted molar refractivity (Wildman–Crippen MR) is 117 cm³/mol. The second-order valence-corrected chi connectivity index (χ2v) is 6.88. The summed E-state index contributed by atoms with van der Waals surface area (Å²) in [5, 5.41) is 16.0. The van der Waals surface area contributed by atoms with E-state index in [9.17, 15) is 19.7 Å². The van der Waals surface area contributed by atoms with Crippen LogP contribution in [0.1, 0.15) is 31.2 Å². The summed E-state index contributed by atoms with van der Waals surface area (Å²) in [5.41, 5.74) is 1.68. The smallest absolute Gasteiger partial charge is 0.305 e. The number of rotatable bonds is 10. The van der Waals surface area contributed by atoms with Crippen LogP contribution >= 0.6 is 12.2 Å². The summed E-state index contributed by atoms with van der Waals surface area (Å²) >= 11 is 5.04. The number of carbonyl (C=O) groups excluding carboxylic acids is 2. The molecule has 0 aliphatic carbocycles. The van der Waals surface area contributed by atoms with Crippen molar-refractivity contribution in [3.8, 4) is 0 Å². The average Bonchev–Trinajstić information content (AvgIpc) is 2.72. The van der Waals surface area contributed by atoms with Crippen molar-refractivity contribution in [1.29, 1.82) is 0 Å². The molecule has 8 nitrogen and oxygen atoms in total. The van der Waals surface area contributed by atoms with E-state index in [0.717, 1.165) is 12.8 Å². The lowest BCUT2D eigenvalue weighted by molar-refractivity contribution is -0.384. The van der Waals surface area contributed by atoms with Gasteiger partial charge in [0.2, 0.25) is 5.91 Å². The van der Waals surface area contributed by atoms with Crippen LogP contribution in [-0.2, 0) is 20.7 Å². The van der Waals surface area contributed by atoms with Crippen molar-refractivity contribution in [1.82, 2.24) is 5.32 Å². The van der Waals surface area contributed by atoms with Gasteiger partial charge in [-0.05, 0) is 49.2 Å². The molecular formula is C21H23N3O5S. The van der Waals surface area contributed by atoms with Crippen molar-refractivity contribution in [3.63, 3.8) is 0 Å². The summed E-state index contributed by atoms with van der Waals surface area (Å²) in [6.07, 6.45) is 2.22. The van der Waals surface area contributed by atoms with E-state index in [1.165, 1.54) is 29.8 Å². The zero-order valence-corrected chi connectivity index (χ0v) is 17.2. The van der Waals surface area contributed by atoms with Crippen LogP contribution in [0.15, 0.2) is 54.6 Å². The van der Waals surface area contributed by atoms with Crippen molar-refractivity contribution in [2.24, 2.45) is 0 Å². The van der Waals surface area contributed by atoms with E-state index in [4.69, 9.17) is 17.0 Å². The summed E-state index contributed by atoms with van der Waals surface area (Å²) in [5.74, 6) is -0.659. The molecule has 1 amide bonds. The lowest BCUT2D eigenvalue weighted by Crippen LogP contribution is -2.34. The number of nitrogens with one attached hydrogen (secondary N) is 2. The van der Waals surface area contributed by atoms with Gasteiger partial charge < -0.3 is 15.4 Å². The standard InChI is InChI=1S/C21H23N3O5S/c25-19(23-21(30)22-17-11-13-18(14-12-17)24(27)28)9-4-10-20(26)29-15-5-8-16-6-2-1-3-7-16/h1-3,6-7,11-14H,4-5,8-10,15H2,(H2,22,23,25,30). The molecule has 0 spiro atoms. The number of hydrogen-bond donors (Lipinski definition) is 2. The lowest BCUT2D eigenvalue weighted by Gasteiger charge is -2.09. The third-order valence-corrected chi connectivity index (χ3v) is 4.29. The van der Waals surface area contributed by atoms with Gasteiger partial charge in [-0.3, -0.25) is 19.7 Å². The monoisotopic (exact) mass is 429 g/mol. The van der Waals surface area contributed by atoms with E-state index in [2.05, 4.69) is 10.6 Å². The SMILES string of the molecule is O=C(CCCC(=O)OCCCc1ccccc1)NC(=S)Nc1ccc([N+](=O)[O-])cc1. The largest absolute Gasteiger partial charge is 0.466 e. The third kappa shape index (κ3) is 8.78. The predicted octanol–water partition coefficient (Wildman–Crippen LogP) is 3.75. The molecule has 0 fully saturated rings. The minimum Gasteiger partial charge on any atom is -0.466 e. The Balaban J connectivity index is 1.56. The van der Waals surface area contributed by atoms with Crippen molar-refractivity contribution >= 4 is 40.6 Å². The first-order valence-electron chi connectivity index (χ1n) is 9.49. The molecule has 0 saturated carbocycles. The highest BCUT2D eigenvalue weighted by Gasteiger charge is 2.09. The molecule has 0 unspecified atom stereocenters. The summed E-state index contributed by atoms with van der Waals surface area (Å²) in [6.45, 7) is 0.350. The van der Waals surface area contributed by atoms with Gasteiger partial charge in [-0.1, -0.05) is 30.3 Å². The molecule has 2 aromatic rings. The van der Waals surface area contributed by atoms with Gasteiger partial charge in [-0.15, -0.1) is 0 Å². The van der Waals surface area contributed by atoms with Gasteiger partial charge in [-0.2, -0.15) is 0 Å². The first kappa shape index (κ1) is 23.0. The maximum atomic E-state index is 11.9. The van der Waals surface area contributed by atoms with Crippen LogP contribution in [0, 0.1) is 10.1 Å². The minimum atomic E-state index is -0.502. The fourth-order valence-electron chi connectivity index (χ4n) is 2.59. The number of hydrogen-bond acceptors (Lipinski definition) is 6. The van der Waals surface area contributed by atoms with E-state index in [1.54, 1.807) is 0 Å². The number of thiocarbonyl (C=S) groups is 1. The maximum Gasteiger partial charge on any atom is 0.305 e. The van der Waals surface area contributed by atoms with Crippen molar-refractivity contribution in [3.05, 3.63) is 70.3 Å². The minimum absolute atomic E-state index is 0.0394. The number of non-ortho nitro benzene ring substituents is 1. The highest BCUT2D eigenvalue weighted by molar-refractivity contribution is 7.80. The van der Waals surface area contributed by atoms with Crippen LogP contribution in [0.3, 0.4) is 0 Å². The van der Waals surface area contributed by atoms with E-state index in [-0.39, 0.29) is 35.5 Å². The molecule has 0 aliphatic rings. The molecule has 0 saturated heterocycles. The van der Waals surface area contributed by atoms with Gasteiger partial charge >= 0.3 is 5.97 Å². The fraction of sp³-hybridized carbons (Fsp3) is 0.286. The van der Waals surface area contributed by atoms with Crippen LogP contribution in [-0.4, -0.2) is 28.5 Å². The Morgan fingerprint density at radius 2 is 1.70 bits per heavy atom. The summed E-state index contributed by atoms with van der Waals surface area (Å²) in [4.78, 5) is 33.8. The molecule has 158 valence electrons. The number of anilines is 1.